The zero-order chi connectivity index (χ0) is 14.3. The number of rotatable bonds is 6. The summed E-state index contributed by atoms with van der Waals surface area (Å²) in [5.41, 5.74) is 0.842. The minimum Gasteiger partial charge on any atom is -0.392 e. The van der Waals surface area contributed by atoms with Crippen LogP contribution in [0.5, 0.6) is 0 Å². The Morgan fingerprint density at radius 1 is 1.21 bits per heavy atom. The van der Waals surface area contributed by atoms with Gasteiger partial charge in [0.05, 0.1) is 0 Å². The number of ether oxygens (including phenoxy) is 1. The fourth-order valence-corrected chi connectivity index (χ4v) is 1.68. The van der Waals surface area contributed by atoms with Crippen molar-refractivity contribution in [3.8, 4) is 0 Å². The largest absolute Gasteiger partial charge is 0.392 e. The highest BCUT2D eigenvalue weighted by atomic mass is 16.6. The molecule has 19 heavy (non-hydrogen) atoms. The predicted molar refractivity (Wildman–Crippen MR) is 74.7 cm³/mol. The number of para-hydroxylation sites is 1. The highest BCUT2D eigenvalue weighted by Crippen LogP contribution is 2.14. The van der Waals surface area contributed by atoms with E-state index in [1.165, 1.54) is 0 Å². The van der Waals surface area contributed by atoms with Gasteiger partial charge in [0.15, 0.2) is 0 Å². The first-order chi connectivity index (χ1) is 9.02. The van der Waals surface area contributed by atoms with Crippen molar-refractivity contribution in [3.05, 3.63) is 30.3 Å². The topological polar surface area (TPSA) is 55.4 Å². The Labute approximate surface area is 114 Å². The Kier molecular flexibility index (Phi) is 6.06. The normalized spacial score (nSPS) is 12.0. The van der Waals surface area contributed by atoms with E-state index >= 15 is 0 Å². The van der Waals surface area contributed by atoms with Crippen LogP contribution < -0.4 is 5.32 Å². The van der Waals surface area contributed by atoms with Crippen LogP contribution in [-0.2, 0) is 14.3 Å². The molecule has 0 saturated heterocycles. The molecule has 1 atom stereocenters. The number of esters is 2. The van der Waals surface area contributed by atoms with E-state index in [2.05, 4.69) is 5.32 Å². The lowest BCUT2D eigenvalue weighted by Crippen LogP contribution is -2.34. The third-order valence-corrected chi connectivity index (χ3v) is 2.61. The molecule has 0 unspecified atom stereocenters. The molecule has 0 spiro atoms. The van der Waals surface area contributed by atoms with E-state index in [-0.39, 0.29) is 6.42 Å². The first-order valence-electron chi connectivity index (χ1n) is 6.59. The number of nitrogens with one attached hydrogen (secondary N) is 1. The van der Waals surface area contributed by atoms with Crippen molar-refractivity contribution in [2.75, 3.05) is 5.32 Å². The summed E-state index contributed by atoms with van der Waals surface area (Å²) in [5, 5.41) is 3.11. The maximum Gasteiger partial charge on any atom is 0.336 e. The minimum absolute atomic E-state index is 0.200. The van der Waals surface area contributed by atoms with Crippen LogP contribution in [0, 0.1) is 5.92 Å². The van der Waals surface area contributed by atoms with Gasteiger partial charge < -0.3 is 10.1 Å². The summed E-state index contributed by atoms with van der Waals surface area (Å²) in [6.45, 7) is 5.71. The highest BCUT2D eigenvalue weighted by Gasteiger charge is 2.23. The third-order valence-electron chi connectivity index (χ3n) is 2.61. The van der Waals surface area contributed by atoms with E-state index in [0.29, 0.717) is 12.3 Å². The Morgan fingerprint density at radius 2 is 1.84 bits per heavy atom. The van der Waals surface area contributed by atoms with E-state index in [1.807, 2.05) is 44.2 Å². The molecule has 1 rings (SSSR count). The standard InChI is InChI=1S/C15H21NO3/c1-4-14(17)19-15(18)13(10-11(2)3)16-12-8-6-5-7-9-12/h5-9,11,13,16H,4,10H2,1-3H3/t13-/m0/s1. The number of hydrogen-bond donors (Lipinski definition) is 1. The molecule has 1 aromatic rings. The number of carbonyl (C=O) groups is 2. The molecule has 0 saturated carbocycles. The second-order valence-corrected chi connectivity index (χ2v) is 4.84. The lowest BCUT2D eigenvalue weighted by molar-refractivity contribution is -0.160. The van der Waals surface area contributed by atoms with Crippen molar-refractivity contribution < 1.29 is 14.3 Å². The van der Waals surface area contributed by atoms with E-state index in [1.54, 1.807) is 6.92 Å². The maximum absolute atomic E-state index is 11.9. The minimum atomic E-state index is -0.510. The fraction of sp³-hybridized carbons (Fsp3) is 0.467. The third kappa shape index (κ3) is 5.55. The van der Waals surface area contributed by atoms with Crippen molar-refractivity contribution in [3.63, 3.8) is 0 Å². The van der Waals surface area contributed by atoms with Gasteiger partial charge in [-0.2, -0.15) is 0 Å². The molecule has 0 aliphatic rings. The van der Waals surface area contributed by atoms with Gasteiger partial charge in [-0.15, -0.1) is 0 Å². The van der Waals surface area contributed by atoms with Crippen molar-refractivity contribution in [2.45, 2.75) is 39.7 Å². The summed E-state index contributed by atoms with van der Waals surface area (Å²) >= 11 is 0. The Bertz CT molecular complexity index is 415. The molecule has 4 nitrogen and oxygen atoms in total. The summed E-state index contributed by atoms with van der Waals surface area (Å²) in [6.07, 6.45) is 0.816. The lowest BCUT2D eigenvalue weighted by Gasteiger charge is -2.19. The predicted octanol–water partition coefficient (Wildman–Crippen LogP) is 2.99. The maximum atomic E-state index is 11.9. The Morgan fingerprint density at radius 3 is 2.37 bits per heavy atom. The van der Waals surface area contributed by atoms with Crippen LogP contribution in [0.4, 0.5) is 5.69 Å². The van der Waals surface area contributed by atoms with Crippen molar-refractivity contribution >= 4 is 17.6 Å². The molecule has 104 valence electrons. The molecule has 0 bridgehead atoms. The molecule has 0 amide bonds. The molecule has 0 aromatic heterocycles. The Balaban J connectivity index is 2.71. The van der Waals surface area contributed by atoms with Crippen LogP contribution >= 0.6 is 0 Å². The molecule has 0 fully saturated rings. The first-order valence-corrected chi connectivity index (χ1v) is 6.59. The second kappa shape index (κ2) is 7.56. The molecule has 4 heteroatoms. The molecule has 1 aromatic carbocycles. The average molecular weight is 263 g/mol. The van der Waals surface area contributed by atoms with Crippen LogP contribution in [0.25, 0.3) is 0 Å². The lowest BCUT2D eigenvalue weighted by atomic mass is 10.0. The molecular weight excluding hydrogens is 242 g/mol. The average Bonchev–Trinajstić information content (AvgIpc) is 2.38. The highest BCUT2D eigenvalue weighted by molar-refractivity contribution is 5.89. The van der Waals surface area contributed by atoms with Gasteiger partial charge in [-0.25, -0.2) is 4.79 Å². The smallest absolute Gasteiger partial charge is 0.336 e. The van der Waals surface area contributed by atoms with E-state index in [4.69, 9.17) is 4.74 Å². The van der Waals surface area contributed by atoms with Crippen LogP contribution in [0.15, 0.2) is 30.3 Å². The van der Waals surface area contributed by atoms with E-state index in [0.717, 1.165) is 5.69 Å². The fourth-order valence-electron chi connectivity index (χ4n) is 1.68. The zero-order valence-corrected chi connectivity index (χ0v) is 11.7. The van der Waals surface area contributed by atoms with Gasteiger partial charge in [0, 0.05) is 12.1 Å². The van der Waals surface area contributed by atoms with Crippen LogP contribution in [0.2, 0.25) is 0 Å². The molecule has 0 aliphatic heterocycles. The summed E-state index contributed by atoms with van der Waals surface area (Å²) in [6, 6.07) is 8.93. The molecule has 0 radical (unpaired) electrons. The van der Waals surface area contributed by atoms with Crippen LogP contribution in [0.1, 0.15) is 33.6 Å². The van der Waals surface area contributed by atoms with Crippen molar-refractivity contribution in [1.29, 1.82) is 0 Å². The van der Waals surface area contributed by atoms with Gasteiger partial charge in [-0.3, -0.25) is 4.79 Å². The number of carbonyl (C=O) groups excluding carboxylic acids is 2. The molecular formula is C15H21NO3. The number of benzene rings is 1. The second-order valence-electron chi connectivity index (χ2n) is 4.84. The van der Waals surface area contributed by atoms with E-state index < -0.39 is 18.0 Å². The van der Waals surface area contributed by atoms with Crippen LogP contribution in [-0.4, -0.2) is 18.0 Å². The SMILES string of the molecule is CCC(=O)OC(=O)[C@H](CC(C)C)Nc1ccccc1. The number of anilines is 1. The van der Waals surface area contributed by atoms with Gasteiger partial charge in [-0.05, 0) is 24.5 Å². The first kappa shape index (κ1) is 15.2. The van der Waals surface area contributed by atoms with Crippen molar-refractivity contribution in [2.24, 2.45) is 5.92 Å². The Hall–Kier alpha value is -1.84. The molecule has 0 heterocycles. The van der Waals surface area contributed by atoms with Gasteiger partial charge in [0.2, 0.25) is 0 Å². The number of hydrogen-bond acceptors (Lipinski definition) is 4. The van der Waals surface area contributed by atoms with Gasteiger partial charge in [-0.1, -0.05) is 39.0 Å². The zero-order valence-electron chi connectivity index (χ0n) is 11.7. The molecule has 1 N–H and O–H groups in total. The summed E-state index contributed by atoms with van der Waals surface area (Å²) in [4.78, 5) is 23.1. The van der Waals surface area contributed by atoms with Crippen molar-refractivity contribution in [1.82, 2.24) is 0 Å². The van der Waals surface area contributed by atoms with Gasteiger partial charge in [0.1, 0.15) is 6.04 Å². The van der Waals surface area contributed by atoms with Crippen LogP contribution in [0.3, 0.4) is 0 Å². The summed E-state index contributed by atoms with van der Waals surface area (Å²) < 4.78 is 4.79. The van der Waals surface area contributed by atoms with Gasteiger partial charge in [0.25, 0.3) is 0 Å². The van der Waals surface area contributed by atoms with E-state index in [9.17, 15) is 9.59 Å². The summed E-state index contributed by atoms with van der Waals surface area (Å²) in [7, 11) is 0. The summed E-state index contributed by atoms with van der Waals surface area (Å²) in [5.74, 6) is -0.677. The monoisotopic (exact) mass is 263 g/mol. The molecule has 0 aliphatic carbocycles. The van der Waals surface area contributed by atoms with Gasteiger partial charge >= 0.3 is 11.9 Å². The quantitative estimate of drug-likeness (QED) is 0.633.